The molecular formula is C16H11ClN2O2. The highest BCUT2D eigenvalue weighted by atomic mass is 35.5. The van der Waals surface area contributed by atoms with Crippen LogP contribution in [-0.2, 0) is 0 Å². The zero-order chi connectivity index (χ0) is 14.8. The smallest absolute Gasteiger partial charge is 0.267 e. The summed E-state index contributed by atoms with van der Waals surface area (Å²) in [5.74, 6) is 0. The lowest BCUT2D eigenvalue weighted by Gasteiger charge is -1.98. The first-order valence-corrected chi connectivity index (χ1v) is 6.70. The van der Waals surface area contributed by atoms with E-state index in [0.717, 1.165) is 11.1 Å². The normalized spacial score (nSPS) is 11.3. The van der Waals surface area contributed by atoms with Gasteiger partial charge in [0.05, 0.1) is 10.8 Å². The van der Waals surface area contributed by atoms with E-state index in [2.05, 4.69) is 10.2 Å². The number of rotatable bonds is 2. The van der Waals surface area contributed by atoms with Crippen LogP contribution in [0.4, 0.5) is 0 Å². The molecule has 0 spiro atoms. The average Bonchev–Trinajstić information content (AvgIpc) is 2.50. The van der Waals surface area contributed by atoms with Gasteiger partial charge in [0.25, 0.3) is 11.1 Å². The maximum absolute atomic E-state index is 11.7. The van der Waals surface area contributed by atoms with Crippen molar-refractivity contribution in [2.24, 2.45) is 0 Å². The highest BCUT2D eigenvalue weighted by molar-refractivity contribution is 6.30. The van der Waals surface area contributed by atoms with Crippen molar-refractivity contribution in [2.75, 3.05) is 0 Å². The molecular weight excluding hydrogens is 288 g/mol. The Morgan fingerprint density at radius 3 is 2.05 bits per heavy atom. The summed E-state index contributed by atoms with van der Waals surface area (Å²) in [5, 5.41) is 6.05. The minimum Gasteiger partial charge on any atom is -0.267 e. The average molecular weight is 299 g/mol. The molecule has 3 rings (SSSR count). The Morgan fingerprint density at radius 1 is 0.762 bits per heavy atom. The number of aromatic amines is 2. The van der Waals surface area contributed by atoms with E-state index in [0.29, 0.717) is 15.8 Å². The van der Waals surface area contributed by atoms with Crippen molar-refractivity contribution in [1.29, 1.82) is 0 Å². The maximum atomic E-state index is 11.7. The molecule has 0 bridgehead atoms. The number of halogens is 1. The van der Waals surface area contributed by atoms with Crippen molar-refractivity contribution < 1.29 is 0 Å². The van der Waals surface area contributed by atoms with Crippen LogP contribution >= 0.6 is 11.6 Å². The molecule has 0 aliphatic rings. The molecule has 5 heteroatoms. The predicted octanol–water partition coefficient (Wildman–Crippen LogP) is 3.04. The third-order valence-corrected chi connectivity index (χ3v) is 3.41. The number of hydrogen-bond acceptors (Lipinski definition) is 2. The summed E-state index contributed by atoms with van der Waals surface area (Å²) in [6, 6.07) is 12.6. The fourth-order valence-electron chi connectivity index (χ4n) is 2.07. The summed E-state index contributed by atoms with van der Waals surface area (Å²) in [7, 11) is 0. The Balaban J connectivity index is 2.02. The van der Waals surface area contributed by atoms with Crippen LogP contribution in [0.5, 0.6) is 0 Å². The lowest BCUT2D eigenvalue weighted by Crippen LogP contribution is -2.18. The molecule has 4 nitrogen and oxygen atoms in total. The van der Waals surface area contributed by atoms with Crippen molar-refractivity contribution in [2.45, 2.75) is 0 Å². The summed E-state index contributed by atoms with van der Waals surface area (Å²) in [5.41, 5.74) is 1.22. The van der Waals surface area contributed by atoms with E-state index >= 15 is 0 Å². The van der Waals surface area contributed by atoms with Gasteiger partial charge in [-0.15, -0.1) is 0 Å². The molecule has 3 aromatic rings. The van der Waals surface area contributed by atoms with Crippen molar-refractivity contribution >= 4 is 34.5 Å². The number of aromatic nitrogens is 2. The van der Waals surface area contributed by atoms with E-state index in [1.54, 1.807) is 18.2 Å². The number of H-pyrrole nitrogens is 2. The van der Waals surface area contributed by atoms with Crippen molar-refractivity contribution in [3.8, 4) is 0 Å². The van der Waals surface area contributed by atoms with E-state index in [9.17, 15) is 9.59 Å². The van der Waals surface area contributed by atoms with Crippen LogP contribution in [0.3, 0.4) is 0 Å². The first-order valence-electron chi connectivity index (χ1n) is 6.32. The summed E-state index contributed by atoms with van der Waals surface area (Å²) in [4.78, 5) is 23.3. The molecule has 0 fully saturated rings. The van der Waals surface area contributed by atoms with Gasteiger partial charge in [0, 0.05) is 5.02 Å². The van der Waals surface area contributed by atoms with Gasteiger partial charge in [0.2, 0.25) is 0 Å². The fraction of sp³-hybridized carbons (Fsp3) is 0. The molecule has 2 aromatic carbocycles. The molecule has 1 heterocycles. The predicted molar refractivity (Wildman–Crippen MR) is 85.6 cm³/mol. The largest absolute Gasteiger partial charge is 0.270 e. The summed E-state index contributed by atoms with van der Waals surface area (Å²) >= 11 is 5.83. The standard InChI is InChI=1S/C16H11ClN2O2/c17-12-6-3-10(4-7-12)1-2-11-5-8-13-14(9-11)16(21)19-18-15(13)20/h1-9H,(H,18,20)(H,19,21)/b2-1+. The Bertz CT molecular complexity index is 937. The molecule has 0 aliphatic carbocycles. The molecule has 0 unspecified atom stereocenters. The maximum Gasteiger partial charge on any atom is 0.270 e. The van der Waals surface area contributed by atoms with E-state index in [1.807, 2.05) is 36.4 Å². The summed E-state index contributed by atoms with van der Waals surface area (Å²) in [6.45, 7) is 0. The van der Waals surface area contributed by atoms with Gasteiger partial charge in [-0.2, -0.15) is 0 Å². The number of benzene rings is 2. The van der Waals surface area contributed by atoms with Gasteiger partial charge in [-0.25, -0.2) is 0 Å². The summed E-state index contributed by atoms with van der Waals surface area (Å²) < 4.78 is 0. The highest BCUT2D eigenvalue weighted by Gasteiger charge is 2.02. The molecule has 1 aromatic heterocycles. The molecule has 0 radical (unpaired) electrons. The topological polar surface area (TPSA) is 65.7 Å². The molecule has 0 saturated heterocycles. The first-order chi connectivity index (χ1) is 10.1. The lowest BCUT2D eigenvalue weighted by molar-refractivity contribution is 0.976. The number of nitrogens with one attached hydrogen (secondary N) is 2. The molecule has 0 aliphatic heterocycles. The second-order valence-corrected chi connectivity index (χ2v) is 5.03. The van der Waals surface area contributed by atoms with Crippen molar-refractivity contribution in [3.05, 3.63) is 79.3 Å². The molecule has 21 heavy (non-hydrogen) atoms. The monoisotopic (exact) mass is 298 g/mol. The number of fused-ring (bicyclic) bond motifs is 1. The lowest BCUT2D eigenvalue weighted by atomic mass is 10.1. The van der Waals surface area contributed by atoms with Gasteiger partial charge >= 0.3 is 0 Å². The first kappa shape index (κ1) is 13.4. The van der Waals surface area contributed by atoms with Crippen LogP contribution in [0.2, 0.25) is 5.02 Å². The van der Waals surface area contributed by atoms with E-state index in [1.165, 1.54) is 0 Å². The minimum absolute atomic E-state index is 0.308. The second-order valence-electron chi connectivity index (χ2n) is 4.60. The highest BCUT2D eigenvalue weighted by Crippen LogP contribution is 2.14. The van der Waals surface area contributed by atoms with Crippen molar-refractivity contribution in [1.82, 2.24) is 10.2 Å². The van der Waals surface area contributed by atoms with Gasteiger partial charge in [0.15, 0.2) is 0 Å². The zero-order valence-electron chi connectivity index (χ0n) is 10.9. The van der Waals surface area contributed by atoms with Crippen molar-refractivity contribution in [3.63, 3.8) is 0 Å². The minimum atomic E-state index is -0.314. The molecule has 0 saturated carbocycles. The van der Waals surface area contributed by atoms with Gasteiger partial charge in [-0.1, -0.05) is 42.0 Å². The van der Waals surface area contributed by atoms with Gasteiger partial charge in [-0.05, 0) is 35.4 Å². The van der Waals surface area contributed by atoms with E-state index in [-0.39, 0.29) is 11.1 Å². The third-order valence-electron chi connectivity index (χ3n) is 3.16. The van der Waals surface area contributed by atoms with Crippen LogP contribution in [0.25, 0.3) is 22.9 Å². The van der Waals surface area contributed by atoms with Crippen LogP contribution < -0.4 is 11.1 Å². The zero-order valence-corrected chi connectivity index (χ0v) is 11.6. The summed E-state index contributed by atoms with van der Waals surface area (Å²) in [6.07, 6.45) is 3.79. The van der Waals surface area contributed by atoms with Crippen LogP contribution in [0.1, 0.15) is 11.1 Å². The molecule has 0 atom stereocenters. The van der Waals surface area contributed by atoms with Crippen LogP contribution in [0.15, 0.2) is 52.1 Å². The molecule has 2 N–H and O–H groups in total. The van der Waals surface area contributed by atoms with Crippen LogP contribution in [-0.4, -0.2) is 10.2 Å². The van der Waals surface area contributed by atoms with Gasteiger partial charge < -0.3 is 0 Å². The molecule has 0 amide bonds. The van der Waals surface area contributed by atoms with Crippen LogP contribution in [0, 0.1) is 0 Å². The second kappa shape index (κ2) is 5.42. The number of hydrogen-bond donors (Lipinski definition) is 2. The third kappa shape index (κ3) is 2.80. The fourth-order valence-corrected chi connectivity index (χ4v) is 2.19. The SMILES string of the molecule is O=c1[nH][nH]c(=O)c2cc(/C=C/c3ccc(Cl)cc3)ccc12. The Hall–Kier alpha value is -2.59. The van der Waals surface area contributed by atoms with Gasteiger partial charge in [-0.3, -0.25) is 19.8 Å². The Morgan fingerprint density at radius 2 is 1.33 bits per heavy atom. The quantitative estimate of drug-likeness (QED) is 0.714. The Kier molecular flexibility index (Phi) is 3.46. The van der Waals surface area contributed by atoms with E-state index < -0.39 is 0 Å². The van der Waals surface area contributed by atoms with Gasteiger partial charge in [0.1, 0.15) is 0 Å². The Labute approximate surface area is 124 Å². The van der Waals surface area contributed by atoms with E-state index in [4.69, 9.17) is 11.6 Å². The molecule has 104 valence electrons.